The highest BCUT2D eigenvalue weighted by molar-refractivity contribution is 5.66. The summed E-state index contributed by atoms with van der Waals surface area (Å²) in [6.45, 7) is 5.15. The van der Waals surface area contributed by atoms with Crippen LogP contribution in [0.1, 0.15) is 50.2 Å². The number of ether oxygens (including phenoxy) is 3. The van der Waals surface area contributed by atoms with Gasteiger partial charge in [-0.2, -0.15) is 0 Å². The predicted molar refractivity (Wildman–Crippen MR) is 94.8 cm³/mol. The number of aryl methyl sites for hydroxylation is 1. The Morgan fingerprint density at radius 1 is 1.28 bits per heavy atom. The summed E-state index contributed by atoms with van der Waals surface area (Å²) in [5.41, 5.74) is 2.97. The molecule has 1 saturated carbocycles. The van der Waals surface area contributed by atoms with Gasteiger partial charge in [0.1, 0.15) is 11.9 Å². The van der Waals surface area contributed by atoms with E-state index in [2.05, 4.69) is 25.1 Å². The smallest absolute Gasteiger partial charge is 0.303 e. The average Bonchev–Trinajstić information content (AvgIpc) is 2.61. The number of fused-ring (bicyclic) bond motifs is 5. The van der Waals surface area contributed by atoms with E-state index in [1.165, 1.54) is 24.5 Å². The molecular weight excluding hydrogens is 316 g/mol. The van der Waals surface area contributed by atoms with E-state index in [0.717, 1.165) is 31.6 Å². The zero-order valence-electron chi connectivity index (χ0n) is 15.4. The zero-order valence-corrected chi connectivity index (χ0v) is 15.4. The van der Waals surface area contributed by atoms with Gasteiger partial charge in [-0.1, -0.05) is 13.0 Å². The Bertz CT molecular complexity index is 670. The molecule has 4 nitrogen and oxygen atoms in total. The largest absolute Gasteiger partial charge is 0.497 e. The summed E-state index contributed by atoms with van der Waals surface area (Å²) in [7, 11) is 1.73. The first-order chi connectivity index (χ1) is 12.0. The van der Waals surface area contributed by atoms with Crippen LogP contribution < -0.4 is 4.74 Å². The fraction of sp³-hybridized carbons (Fsp3) is 0.667. The lowest BCUT2D eigenvalue weighted by Crippen LogP contribution is -2.56. The van der Waals surface area contributed by atoms with Crippen molar-refractivity contribution in [3.8, 4) is 5.75 Å². The molecule has 0 aromatic heterocycles. The standard InChI is InChI=1S/C21H28O4/c1-13(22)25-20-12-24-11-19-18-6-4-14-10-15(23-3)5-7-16(14)17(18)8-9-21(19,20)2/h5,7,10,17-20H,4,6,8-9,11-12H2,1-3H3/t17-,18-,19+,20+,21+/m1/s1. The van der Waals surface area contributed by atoms with Crippen molar-refractivity contribution in [3.05, 3.63) is 29.3 Å². The fourth-order valence-corrected chi connectivity index (χ4v) is 5.61. The molecule has 0 amide bonds. The molecular formula is C21H28O4. The lowest BCUT2D eigenvalue weighted by atomic mass is 9.52. The summed E-state index contributed by atoms with van der Waals surface area (Å²) in [4.78, 5) is 11.5. The van der Waals surface area contributed by atoms with Crippen LogP contribution in [0.3, 0.4) is 0 Å². The van der Waals surface area contributed by atoms with Crippen LogP contribution in [0.25, 0.3) is 0 Å². The Kier molecular flexibility index (Phi) is 4.27. The first-order valence-corrected chi connectivity index (χ1v) is 9.44. The molecule has 25 heavy (non-hydrogen) atoms. The summed E-state index contributed by atoms with van der Waals surface area (Å²) in [5, 5.41) is 0. The Hall–Kier alpha value is -1.55. The second-order valence-electron chi connectivity index (χ2n) is 8.16. The van der Waals surface area contributed by atoms with Gasteiger partial charge in [0.05, 0.1) is 20.3 Å². The third-order valence-electron chi connectivity index (χ3n) is 6.98. The van der Waals surface area contributed by atoms with Gasteiger partial charge >= 0.3 is 5.97 Å². The van der Waals surface area contributed by atoms with Gasteiger partial charge in [0, 0.05) is 12.3 Å². The van der Waals surface area contributed by atoms with E-state index in [1.54, 1.807) is 7.11 Å². The van der Waals surface area contributed by atoms with Gasteiger partial charge in [0.25, 0.3) is 0 Å². The second kappa shape index (κ2) is 6.31. The van der Waals surface area contributed by atoms with Crippen LogP contribution >= 0.6 is 0 Å². The molecule has 1 heterocycles. The van der Waals surface area contributed by atoms with Crippen molar-refractivity contribution in [1.82, 2.24) is 0 Å². The molecule has 0 bridgehead atoms. The highest BCUT2D eigenvalue weighted by Crippen LogP contribution is 2.57. The van der Waals surface area contributed by atoms with Crippen LogP contribution in [0.4, 0.5) is 0 Å². The van der Waals surface area contributed by atoms with E-state index in [9.17, 15) is 4.79 Å². The zero-order chi connectivity index (χ0) is 17.6. The summed E-state index contributed by atoms with van der Waals surface area (Å²) >= 11 is 0. The lowest BCUT2D eigenvalue weighted by molar-refractivity contribution is -0.195. The third kappa shape index (κ3) is 2.75. The molecule has 1 aromatic rings. The molecule has 4 rings (SSSR count). The van der Waals surface area contributed by atoms with Crippen molar-refractivity contribution >= 4 is 5.97 Å². The minimum atomic E-state index is -0.196. The van der Waals surface area contributed by atoms with Gasteiger partial charge in [-0.3, -0.25) is 4.79 Å². The number of esters is 1. The Labute approximate surface area is 149 Å². The summed E-state index contributed by atoms with van der Waals surface area (Å²) in [6, 6.07) is 6.56. The van der Waals surface area contributed by atoms with Crippen LogP contribution in [-0.4, -0.2) is 32.4 Å². The molecule has 0 spiro atoms. The van der Waals surface area contributed by atoms with E-state index in [-0.39, 0.29) is 17.5 Å². The van der Waals surface area contributed by atoms with Gasteiger partial charge in [0.15, 0.2) is 0 Å². The molecule has 2 aliphatic carbocycles. The monoisotopic (exact) mass is 344 g/mol. The van der Waals surface area contributed by atoms with Crippen molar-refractivity contribution in [2.24, 2.45) is 17.3 Å². The van der Waals surface area contributed by atoms with E-state index < -0.39 is 0 Å². The molecule has 1 aromatic carbocycles. The van der Waals surface area contributed by atoms with Crippen LogP contribution in [0.5, 0.6) is 5.75 Å². The van der Waals surface area contributed by atoms with Gasteiger partial charge in [-0.25, -0.2) is 0 Å². The number of benzene rings is 1. The number of rotatable bonds is 2. The summed E-state index contributed by atoms with van der Waals surface area (Å²) in [5.74, 6) is 2.41. The van der Waals surface area contributed by atoms with E-state index in [1.807, 2.05) is 0 Å². The molecule has 2 fully saturated rings. The maximum atomic E-state index is 11.5. The Morgan fingerprint density at radius 3 is 2.88 bits per heavy atom. The first kappa shape index (κ1) is 16.9. The molecule has 1 aliphatic heterocycles. The molecule has 1 saturated heterocycles. The number of methoxy groups -OCH3 is 1. The number of carbonyl (C=O) groups excluding carboxylic acids is 1. The summed E-state index contributed by atoms with van der Waals surface area (Å²) in [6.07, 6.45) is 4.42. The van der Waals surface area contributed by atoms with Crippen LogP contribution in [0.15, 0.2) is 18.2 Å². The maximum absolute atomic E-state index is 11.5. The van der Waals surface area contributed by atoms with E-state index >= 15 is 0 Å². The highest BCUT2D eigenvalue weighted by Gasteiger charge is 2.54. The molecule has 0 unspecified atom stereocenters. The van der Waals surface area contributed by atoms with E-state index in [4.69, 9.17) is 14.2 Å². The van der Waals surface area contributed by atoms with Gasteiger partial charge in [-0.15, -0.1) is 0 Å². The Morgan fingerprint density at radius 2 is 2.12 bits per heavy atom. The first-order valence-electron chi connectivity index (χ1n) is 9.44. The number of carbonyl (C=O) groups is 1. The second-order valence-corrected chi connectivity index (χ2v) is 8.16. The van der Waals surface area contributed by atoms with Crippen molar-refractivity contribution in [3.63, 3.8) is 0 Å². The van der Waals surface area contributed by atoms with Crippen molar-refractivity contribution in [2.75, 3.05) is 20.3 Å². The predicted octanol–water partition coefficient (Wildman–Crippen LogP) is 3.72. The average molecular weight is 344 g/mol. The lowest BCUT2D eigenvalue weighted by Gasteiger charge is -2.56. The molecule has 0 radical (unpaired) electrons. The Balaban J connectivity index is 1.63. The van der Waals surface area contributed by atoms with Gasteiger partial charge in [-0.05, 0) is 66.7 Å². The number of hydrogen-bond acceptors (Lipinski definition) is 4. The van der Waals surface area contributed by atoms with Crippen molar-refractivity contribution in [1.29, 1.82) is 0 Å². The molecule has 0 N–H and O–H groups in total. The summed E-state index contributed by atoms with van der Waals surface area (Å²) < 4.78 is 17.0. The topological polar surface area (TPSA) is 44.8 Å². The van der Waals surface area contributed by atoms with E-state index in [0.29, 0.717) is 24.4 Å². The minimum absolute atomic E-state index is 0.0368. The van der Waals surface area contributed by atoms with Crippen molar-refractivity contribution in [2.45, 2.75) is 51.6 Å². The SMILES string of the molecule is COc1ccc2c(c1)CC[C@@H]1[C@@H]2CC[C@]2(C)[C@@H](OC(C)=O)COC[C@@H]12. The number of hydrogen-bond donors (Lipinski definition) is 0. The normalized spacial score (nSPS) is 36.6. The van der Waals surface area contributed by atoms with Crippen LogP contribution in [0.2, 0.25) is 0 Å². The fourth-order valence-electron chi connectivity index (χ4n) is 5.61. The highest BCUT2D eigenvalue weighted by atomic mass is 16.6. The molecule has 3 aliphatic rings. The maximum Gasteiger partial charge on any atom is 0.303 e. The van der Waals surface area contributed by atoms with Crippen molar-refractivity contribution < 1.29 is 19.0 Å². The molecule has 136 valence electrons. The third-order valence-corrected chi connectivity index (χ3v) is 6.98. The minimum Gasteiger partial charge on any atom is -0.497 e. The molecule has 5 atom stereocenters. The molecule has 4 heteroatoms. The van der Waals surface area contributed by atoms with Crippen LogP contribution in [-0.2, 0) is 20.7 Å². The quantitative estimate of drug-likeness (QED) is 0.767. The van der Waals surface area contributed by atoms with Crippen LogP contribution in [0, 0.1) is 17.3 Å². The van der Waals surface area contributed by atoms with Gasteiger partial charge < -0.3 is 14.2 Å². The van der Waals surface area contributed by atoms with Gasteiger partial charge in [0.2, 0.25) is 0 Å².